The first-order valence-electron chi connectivity index (χ1n) is 5.40. The summed E-state index contributed by atoms with van der Waals surface area (Å²) < 4.78 is 0. The molecule has 2 N–H and O–H groups in total. The van der Waals surface area contributed by atoms with E-state index in [1.165, 1.54) is 0 Å². The van der Waals surface area contributed by atoms with E-state index in [2.05, 4.69) is 10.6 Å². The van der Waals surface area contributed by atoms with E-state index in [1.807, 2.05) is 38.1 Å². The molecule has 0 aliphatic heterocycles. The van der Waals surface area contributed by atoms with Gasteiger partial charge in [0.15, 0.2) is 0 Å². The molecular weight excluding hydrogens is 188 g/mol. The lowest BCUT2D eigenvalue weighted by Gasteiger charge is -2.06. The third-order valence-electron chi connectivity index (χ3n) is 2.04. The normalized spacial score (nSPS) is 9.73. The zero-order valence-corrected chi connectivity index (χ0v) is 9.34. The van der Waals surface area contributed by atoms with Crippen LogP contribution in [0.3, 0.4) is 0 Å². The molecule has 0 aliphatic rings. The van der Waals surface area contributed by atoms with Crippen molar-refractivity contribution >= 4 is 11.6 Å². The molecule has 15 heavy (non-hydrogen) atoms. The molecule has 0 aromatic heterocycles. The molecule has 3 heteroatoms. The number of anilines is 1. The molecule has 0 saturated carbocycles. The summed E-state index contributed by atoms with van der Waals surface area (Å²) in [4.78, 5) is 11.6. The zero-order valence-electron chi connectivity index (χ0n) is 9.34. The van der Waals surface area contributed by atoms with Gasteiger partial charge in [-0.15, -0.1) is 0 Å². The molecule has 0 aliphatic carbocycles. The molecule has 1 rings (SSSR count). The van der Waals surface area contributed by atoms with E-state index in [1.54, 1.807) is 0 Å². The van der Waals surface area contributed by atoms with Gasteiger partial charge in [-0.25, -0.2) is 0 Å². The number of nitrogens with one attached hydrogen (secondary N) is 2. The minimum Gasteiger partial charge on any atom is -0.385 e. The average Bonchev–Trinajstić information content (AvgIpc) is 2.27. The Morgan fingerprint density at radius 3 is 2.80 bits per heavy atom. The van der Waals surface area contributed by atoms with Crippen molar-refractivity contribution in [2.75, 3.05) is 18.4 Å². The second kappa shape index (κ2) is 6.06. The minimum absolute atomic E-state index is 0.00315. The maximum Gasteiger partial charge on any atom is 0.251 e. The van der Waals surface area contributed by atoms with E-state index in [-0.39, 0.29) is 5.91 Å². The quantitative estimate of drug-likeness (QED) is 0.776. The van der Waals surface area contributed by atoms with Crippen molar-refractivity contribution in [3.05, 3.63) is 29.8 Å². The Morgan fingerprint density at radius 2 is 2.13 bits per heavy atom. The van der Waals surface area contributed by atoms with Gasteiger partial charge in [0.05, 0.1) is 0 Å². The van der Waals surface area contributed by atoms with Crippen molar-refractivity contribution in [2.45, 2.75) is 20.3 Å². The van der Waals surface area contributed by atoms with Gasteiger partial charge in [-0.1, -0.05) is 13.0 Å². The summed E-state index contributed by atoms with van der Waals surface area (Å²) in [6.07, 6.45) is 0.957. The molecule has 0 bridgehead atoms. The smallest absolute Gasteiger partial charge is 0.251 e. The van der Waals surface area contributed by atoms with E-state index >= 15 is 0 Å². The topological polar surface area (TPSA) is 41.1 Å². The number of amides is 1. The van der Waals surface area contributed by atoms with Crippen LogP contribution in [-0.2, 0) is 0 Å². The number of carbonyl (C=O) groups is 1. The van der Waals surface area contributed by atoms with E-state index in [0.29, 0.717) is 5.56 Å². The molecule has 0 fully saturated rings. The molecular formula is C12H18N2O. The van der Waals surface area contributed by atoms with Crippen LogP contribution in [0, 0.1) is 0 Å². The SMILES string of the molecule is CCCNC(=O)c1cccc(NCC)c1. The fourth-order valence-corrected chi connectivity index (χ4v) is 1.32. The van der Waals surface area contributed by atoms with Gasteiger partial charge >= 0.3 is 0 Å². The molecule has 1 aromatic carbocycles. The van der Waals surface area contributed by atoms with Gasteiger partial charge in [-0.3, -0.25) is 4.79 Å². The van der Waals surface area contributed by atoms with Crippen LogP contribution in [0.2, 0.25) is 0 Å². The second-order valence-corrected chi connectivity index (χ2v) is 3.37. The molecule has 82 valence electrons. The number of carbonyl (C=O) groups excluding carboxylic acids is 1. The van der Waals surface area contributed by atoms with E-state index < -0.39 is 0 Å². The number of hydrogen-bond donors (Lipinski definition) is 2. The van der Waals surface area contributed by atoms with Gasteiger partial charge in [0, 0.05) is 24.3 Å². The fourth-order valence-electron chi connectivity index (χ4n) is 1.32. The molecule has 0 unspecified atom stereocenters. The van der Waals surface area contributed by atoms with Crippen molar-refractivity contribution in [1.29, 1.82) is 0 Å². The number of benzene rings is 1. The maximum absolute atomic E-state index is 11.6. The lowest BCUT2D eigenvalue weighted by molar-refractivity contribution is 0.0953. The fraction of sp³-hybridized carbons (Fsp3) is 0.417. The highest BCUT2D eigenvalue weighted by Gasteiger charge is 2.04. The van der Waals surface area contributed by atoms with Gasteiger partial charge in [-0.2, -0.15) is 0 Å². The third-order valence-corrected chi connectivity index (χ3v) is 2.04. The molecule has 1 aromatic rings. The Balaban J connectivity index is 2.67. The Kier molecular flexibility index (Phi) is 4.68. The molecule has 0 heterocycles. The Hall–Kier alpha value is -1.51. The monoisotopic (exact) mass is 206 g/mol. The van der Waals surface area contributed by atoms with Crippen molar-refractivity contribution in [3.63, 3.8) is 0 Å². The highest BCUT2D eigenvalue weighted by Crippen LogP contribution is 2.09. The minimum atomic E-state index is -0.00315. The average molecular weight is 206 g/mol. The van der Waals surface area contributed by atoms with Crippen LogP contribution >= 0.6 is 0 Å². The van der Waals surface area contributed by atoms with Crippen LogP contribution in [0.5, 0.6) is 0 Å². The second-order valence-electron chi connectivity index (χ2n) is 3.37. The molecule has 0 spiro atoms. The van der Waals surface area contributed by atoms with Gasteiger partial charge in [-0.05, 0) is 31.5 Å². The van der Waals surface area contributed by atoms with Gasteiger partial charge < -0.3 is 10.6 Å². The molecule has 0 radical (unpaired) electrons. The highest BCUT2D eigenvalue weighted by atomic mass is 16.1. The maximum atomic E-state index is 11.6. The summed E-state index contributed by atoms with van der Waals surface area (Å²) in [6.45, 7) is 5.66. The molecule has 3 nitrogen and oxygen atoms in total. The number of hydrogen-bond acceptors (Lipinski definition) is 2. The van der Waals surface area contributed by atoms with Gasteiger partial charge in [0.2, 0.25) is 0 Å². The Morgan fingerprint density at radius 1 is 1.33 bits per heavy atom. The van der Waals surface area contributed by atoms with Crippen molar-refractivity contribution in [2.24, 2.45) is 0 Å². The van der Waals surface area contributed by atoms with Crippen molar-refractivity contribution in [3.8, 4) is 0 Å². The number of rotatable bonds is 5. The van der Waals surface area contributed by atoms with Crippen LogP contribution in [-0.4, -0.2) is 19.0 Å². The Labute approximate surface area is 90.9 Å². The molecule has 1 amide bonds. The largest absolute Gasteiger partial charge is 0.385 e. The summed E-state index contributed by atoms with van der Waals surface area (Å²) in [5.41, 5.74) is 1.70. The summed E-state index contributed by atoms with van der Waals surface area (Å²) in [6, 6.07) is 7.54. The van der Waals surface area contributed by atoms with Crippen LogP contribution in [0.1, 0.15) is 30.6 Å². The third kappa shape index (κ3) is 3.62. The van der Waals surface area contributed by atoms with Crippen molar-refractivity contribution < 1.29 is 4.79 Å². The zero-order chi connectivity index (χ0) is 11.1. The van der Waals surface area contributed by atoms with Crippen LogP contribution in [0.4, 0.5) is 5.69 Å². The summed E-state index contributed by atoms with van der Waals surface area (Å²) in [5.74, 6) is -0.00315. The van der Waals surface area contributed by atoms with Gasteiger partial charge in [0.25, 0.3) is 5.91 Å². The van der Waals surface area contributed by atoms with Gasteiger partial charge in [0.1, 0.15) is 0 Å². The molecule has 0 saturated heterocycles. The van der Waals surface area contributed by atoms with Crippen molar-refractivity contribution in [1.82, 2.24) is 5.32 Å². The Bertz CT molecular complexity index is 323. The van der Waals surface area contributed by atoms with Crippen LogP contribution in [0.15, 0.2) is 24.3 Å². The first-order valence-corrected chi connectivity index (χ1v) is 5.40. The highest BCUT2D eigenvalue weighted by molar-refractivity contribution is 5.95. The first-order chi connectivity index (χ1) is 7.27. The predicted octanol–water partition coefficient (Wildman–Crippen LogP) is 2.26. The first kappa shape index (κ1) is 11.6. The summed E-state index contributed by atoms with van der Waals surface area (Å²) >= 11 is 0. The summed E-state index contributed by atoms with van der Waals surface area (Å²) in [7, 11) is 0. The predicted molar refractivity (Wildman–Crippen MR) is 63.2 cm³/mol. The lowest BCUT2D eigenvalue weighted by Crippen LogP contribution is -2.23. The van der Waals surface area contributed by atoms with Crippen LogP contribution < -0.4 is 10.6 Å². The van der Waals surface area contributed by atoms with E-state index in [0.717, 1.165) is 25.2 Å². The lowest BCUT2D eigenvalue weighted by atomic mass is 10.2. The van der Waals surface area contributed by atoms with E-state index in [9.17, 15) is 4.79 Å². The van der Waals surface area contributed by atoms with Crippen LogP contribution in [0.25, 0.3) is 0 Å². The summed E-state index contributed by atoms with van der Waals surface area (Å²) in [5, 5.41) is 6.03. The molecule has 0 atom stereocenters. The van der Waals surface area contributed by atoms with E-state index in [4.69, 9.17) is 0 Å². The standard InChI is InChI=1S/C12H18N2O/c1-3-8-14-12(15)10-6-5-7-11(9-10)13-4-2/h5-7,9,13H,3-4,8H2,1-2H3,(H,14,15).